The highest BCUT2D eigenvalue weighted by Gasteiger charge is 2.30. The van der Waals surface area contributed by atoms with Crippen molar-refractivity contribution in [2.75, 3.05) is 26.3 Å². The number of hydrogen-bond donors (Lipinski definition) is 1. The molecule has 1 amide bonds. The van der Waals surface area contributed by atoms with Crippen LogP contribution in [0.25, 0.3) is 0 Å². The van der Waals surface area contributed by atoms with Crippen LogP contribution in [-0.4, -0.2) is 43.2 Å². The molecule has 2 N–H and O–H groups in total. The van der Waals surface area contributed by atoms with Crippen LogP contribution in [-0.2, 0) is 9.53 Å². The minimum atomic E-state index is 0.0958. The molecule has 1 saturated carbocycles. The summed E-state index contributed by atoms with van der Waals surface area (Å²) in [7, 11) is 0. The number of nitrogens with zero attached hydrogens (tertiary/aromatic N) is 1. The third-order valence-electron chi connectivity index (χ3n) is 2.14. The Morgan fingerprint density at radius 1 is 1.62 bits per heavy atom. The molecule has 0 radical (unpaired) electrons. The summed E-state index contributed by atoms with van der Waals surface area (Å²) in [6.07, 6.45) is 2.30. The summed E-state index contributed by atoms with van der Waals surface area (Å²) in [5.41, 5.74) is 5.25. The van der Waals surface area contributed by atoms with Gasteiger partial charge in [-0.3, -0.25) is 4.79 Å². The summed E-state index contributed by atoms with van der Waals surface area (Å²) in [5, 5.41) is 0. The average molecular weight is 186 g/mol. The lowest BCUT2D eigenvalue weighted by Crippen LogP contribution is -2.36. The molecular formula is C9H18N2O2. The van der Waals surface area contributed by atoms with Crippen LogP contribution < -0.4 is 5.73 Å². The van der Waals surface area contributed by atoms with Gasteiger partial charge in [-0.15, -0.1) is 0 Å². The highest BCUT2D eigenvalue weighted by Crippen LogP contribution is 2.26. The van der Waals surface area contributed by atoms with E-state index in [2.05, 4.69) is 0 Å². The highest BCUT2D eigenvalue weighted by atomic mass is 16.5. The second kappa shape index (κ2) is 5.19. The monoisotopic (exact) mass is 186 g/mol. The molecule has 0 aromatic carbocycles. The zero-order valence-corrected chi connectivity index (χ0v) is 8.16. The third-order valence-corrected chi connectivity index (χ3v) is 2.14. The second-order valence-electron chi connectivity index (χ2n) is 3.25. The Kier molecular flexibility index (Phi) is 4.18. The fourth-order valence-corrected chi connectivity index (χ4v) is 1.35. The Bertz CT molecular complexity index is 169. The van der Waals surface area contributed by atoms with E-state index in [1.807, 2.05) is 11.8 Å². The van der Waals surface area contributed by atoms with E-state index in [0.717, 1.165) is 19.4 Å². The minimum Gasteiger partial charge on any atom is -0.370 e. The molecule has 1 rings (SSSR count). The number of rotatable bonds is 6. The van der Waals surface area contributed by atoms with Gasteiger partial charge in [0, 0.05) is 19.1 Å². The van der Waals surface area contributed by atoms with Gasteiger partial charge in [0.1, 0.15) is 6.61 Å². The van der Waals surface area contributed by atoms with Gasteiger partial charge in [0.2, 0.25) is 5.91 Å². The van der Waals surface area contributed by atoms with Crippen LogP contribution >= 0.6 is 0 Å². The van der Waals surface area contributed by atoms with Crippen molar-refractivity contribution in [3.05, 3.63) is 0 Å². The molecule has 76 valence electrons. The van der Waals surface area contributed by atoms with Crippen LogP contribution in [0.15, 0.2) is 0 Å². The maximum atomic E-state index is 11.5. The molecule has 0 aromatic heterocycles. The molecule has 1 aliphatic carbocycles. The van der Waals surface area contributed by atoms with Gasteiger partial charge in [-0.25, -0.2) is 0 Å². The summed E-state index contributed by atoms with van der Waals surface area (Å²) in [4.78, 5) is 13.4. The Balaban J connectivity index is 2.19. The Hall–Kier alpha value is -0.610. The zero-order chi connectivity index (χ0) is 9.68. The Morgan fingerprint density at radius 2 is 2.31 bits per heavy atom. The van der Waals surface area contributed by atoms with Crippen molar-refractivity contribution in [3.63, 3.8) is 0 Å². The Morgan fingerprint density at radius 3 is 2.77 bits per heavy atom. The fourth-order valence-electron chi connectivity index (χ4n) is 1.35. The maximum absolute atomic E-state index is 11.5. The van der Waals surface area contributed by atoms with Crippen LogP contribution in [0.4, 0.5) is 0 Å². The van der Waals surface area contributed by atoms with Gasteiger partial charge < -0.3 is 15.4 Å². The van der Waals surface area contributed by atoms with Crippen LogP contribution in [0.3, 0.4) is 0 Å². The molecule has 0 atom stereocenters. The first kappa shape index (κ1) is 10.5. The molecule has 0 heterocycles. The third kappa shape index (κ3) is 3.32. The van der Waals surface area contributed by atoms with Gasteiger partial charge in [0.15, 0.2) is 0 Å². The van der Waals surface area contributed by atoms with Crippen molar-refractivity contribution in [2.24, 2.45) is 5.73 Å². The van der Waals surface area contributed by atoms with Crippen molar-refractivity contribution in [3.8, 4) is 0 Å². The summed E-state index contributed by atoms with van der Waals surface area (Å²) < 4.78 is 5.09. The number of amides is 1. The summed E-state index contributed by atoms with van der Waals surface area (Å²) in [6.45, 7) is 3.91. The SMILES string of the molecule is CCN(C(=O)COCCN)C1CC1. The smallest absolute Gasteiger partial charge is 0.248 e. The molecule has 13 heavy (non-hydrogen) atoms. The molecule has 4 heteroatoms. The van der Waals surface area contributed by atoms with E-state index in [4.69, 9.17) is 10.5 Å². The molecule has 0 aliphatic heterocycles. The lowest BCUT2D eigenvalue weighted by molar-refractivity contribution is -0.136. The van der Waals surface area contributed by atoms with Gasteiger partial charge in [-0.05, 0) is 19.8 Å². The van der Waals surface area contributed by atoms with Crippen molar-refractivity contribution in [2.45, 2.75) is 25.8 Å². The molecule has 0 saturated heterocycles. The number of carbonyl (C=O) groups excluding carboxylic acids is 1. The fraction of sp³-hybridized carbons (Fsp3) is 0.889. The largest absolute Gasteiger partial charge is 0.370 e. The van der Waals surface area contributed by atoms with Crippen molar-refractivity contribution >= 4 is 5.91 Å². The molecule has 0 bridgehead atoms. The van der Waals surface area contributed by atoms with Crippen molar-refractivity contribution in [1.29, 1.82) is 0 Å². The van der Waals surface area contributed by atoms with Gasteiger partial charge in [0.25, 0.3) is 0 Å². The summed E-state index contributed by atoms with van der Waals surface area (Å²) in [6, 6.07) is 0.485. The highest BCUT2D eigenvalue weighted by molar-refractivity contribution is 5.78. The first-order chi connectivity index (χ1) is 6.29. The van der Waals surface area contributed by atoms with E-state index in [0.29, 0.717) is 19.2 Å². The normalized spacial score (nSPS) is 15.8. The minimum absolute atomic E-state index is 0.0958. The first-order valence-electron chi connectivity index (χ1n) is 4.86. The molecule has 1 fully saturated rings. The predicted octanol–water partition coefficient (Wildman–Crippen LogP) is -0.0274. The van der Waals surface area contributed by atoms with Crippen LogP contribution in [0.5, 0.6) is 0 Å². The van der Waals surface area contributed by atoms with E-state index >= 15 is 0 Å². The number of hydrogen-bond acceptors (Lipinski definition) is 3. The molecule has 0 spiro atoms. The standard InChI is InChI=1S/C9H18N2O2/c1-2-11(8-3-4-8)9(12)7-13-6-5-10/h8H,2-7,10H2,1H3. The van der Waals surface area contributed by atoms with Crippen LogP contribution in [0.1, 0.15) is 19.8 Å². The number of likely N-dealkylation sites (N-methyl/N-ethyl adjacent to an activating group) is 1. The zero-order valence-electron chi connectivity index (χ0n) is 8.16. The molecule has 4 nitrogen and oxygen atoms in total. The summed E-state index contributed by atoms with van der Waals surface area (Å²) in [5.74, 6) is 0.0958. The lowest BCUT2D eigenvalue weighted by atomic mass is 10.4. The van der Waals surface area contributed by atoms with Crippen LogP contribution in [0.2, 0.25) is 0 Å². The number of ether oxygens (including phenoxy) is 1. The molecule has 0 aromatic rings. The number of carbonyl (C=O) groups is 1. The maximum Gasteiger partial charge on any atom is 0.248 e. The average Bonchev–Trinajstić information content (AvgIpc) is 2.90. The molecule has 1 aliphatic rings. The second-order valence-corrected chi connectivity index (χ2v) is 3.25. The van der Waals surface area contributed by atoms with E-state index in [1.165, 1.54) is 0 Å². The van der Waals surface area contributed by atoms with Gasteiger partial charge in [-0.1, -0.05) is 0 Å². The molecule has 0 unspecified atom stereocenters. The predicted molar refractivity (Wildman–Crippen MR) is 50.3 cm³/mol. The van der Waals surface area contributed by atoms with Crippen molar-refractivity contribution < 1.29 is 9.53 Å². The van der Waals surface area contributed by atoms with Crippen LogP contribution in [0, 0.1) is 0 Å². The van der Waals surface area contributed by atoms with E-state index in [1.54, 1.807) is 0 Å². The molecular weight excluding hydrogens is 168 g/mol. The van der Waals surface area contributed by atoms with Gasteiger partial charge in [-0.2, -0.15) is 0 Å². The lowest BCUT2D eigenvalue weighted by Gasteiger charge is -2.19. The van der Waals surface area contributed by atoms with E-state index in [-0.39, 0.29) is 12.5 Å². The van der Waals surface area contributed by atoms with Gasteiger partial charge in [0.05, 0.1) is 6.61 Å². The van der Waals surface area contributed by atoms with Gasteiger partial charge >= 0.3 is 0 Å². The quantitative estimate of drug-likeness (QED) is 0.593. The number of nitrogens with two attached hydrogens (primary N) is 1. The topological polar surface area (TPSA) is 55.6 Å². The first-order valence-corrected chi connectivity index (χ1v) is 4.86. The Labute approximate surface area is 79.0 Å². The van der Waals surface area contributed by atoms with E-state index in [9.17, 15) is 4.79 Å². The van der Waals surface area contributed by atoms with E-state index < -0.39 is 0 Å². The summed E-state index contributed by atoms with van der Waals surface area (Å²) >= 11 is 0. The van der Waals surface area contributed by atoms with Crippen molar-refractivity contribution in [1.82, 2.24) is 4.90 Å².